The van der Waals surface area contributed by atoms with Gasteiger partial charge in [-0.1, -0.05) is 30.9 Å². The molecule has 2 aliphatic rings. The normalized spacial score (nSPS) is 19.6. The molecule has 0 unspecified atom stereocenters. The molecule has 8 heteroatoms. The molecule has 1 N–H and O–H groups in total. The summed E-state index contributed by atoms with van der Waals surface area (Å²) >= 11 is 6.35. The second-order valence-corrected chi connectivity index (χ2v) is 8.81. The van der Waals surface area contributed by atoms with Crippen LogP contribution in [-0.4, -0.2) is 64.0 Å². The van der Waals surface area contributed by atoms with E-state index >= 15 is 0 Å². The smallest absolute Gasteiger partial charge is 0.271 e. The van der Waals surface area contributed by atoms with Crippen LogP contribution in [0.15, 0.2) is 18.2 Å². The van der Waals surface area contributed by atoms with Crippen LogP contribution in [0.4, 0.5) is 0 Å². The van der Waals surface area contributed by atoms with Gasteiger partial charge in [0.05, 0.1) is 23.9 Å². The molecule has 4 rings (SSSR count). The quantitative estimate of drug-likeness (QED) is 0.786. The highest BCUT2D eigenvalue weighted by Gasteiger charge is 2.39. The second kappa shape index (κ2) is 9.04. The second-order valence-electron chi connectivity index (χ2n) is 8.41. The van der Waals surface area contributed by atoms with Crippen LogP contribution in [0.5, 0.6) is 0 Å². The monoisotopic (exact) mass is 431 g/mol. The molecular weight excluding hydrogens is 402 g/mol. The van der Waals surface area contributed by atoms with Crippen LogP contribution in [0.25, 0.3) is 5.82 Å². The van der Waals surface area contributed by atoms with Gasteiger partial charge in [0.25, 0.3) is 5.91 Å². The minimum absolute atomic E-state index is 0.00252. The summed E-state index contributed by atoms with van der Waals surface area (Å²) < 4.78 is 7.28. The average Bonchev–Trinajstić information content (AvgIpc) is 3.11. The number of pyridine rings is 1. The number of hydrogen-bond acceptors (Lipinski definition) is 5. The van der Waals surface area contributed by atoms with E-state index in [-0.39, 0.29) is 17.1 Å². The van der Waals surface area contributed by atoms with Crippen LogP contribution in [0.2, 0.25) is 5.02 Å². The lowest BCUT2D eigenvalue weighted by molar-refractivity contribution is -0.0361. The Morgan fingerprint density at radius 2 is 1.93 bits per heavy atom. The van der Waals surface area contributed by atoms with Crippen LogP contribution < -0.4 is 5.32 Å². The largest absolute Gasteiger partial charge is 0.379 e. The minimum atomic E-state index is -0.235. The van der Waals surface area contributed by atoms with E-state index in [0.717, 1.165) is 50.5 Å². The van der Waals surface area contributed by atoms with Gasteiger partial charge < -0.3 is 10.1 Å². The maximum Gasteiger partial charge on any atom is 0.271 e. The highest BCUT2D eigenvalue weighted by molar-refractivity contribution is 6.33. The number of carbonyl (C=O) groups excluding carboxylic acids is 1. The first-order chi connectivity index (χ1) is 14.5. The molecule has 0 spiro atoms. The van der Waals surface area contributed by atoms with Crippen molar-refractivity contribution in [2.45, 2.75) is 51.5 Å². The van der Waals surface area contributed by atoms with Crippen molar-refractivity contribution in [2.75, 3.05) is 32.8 Å². The Morgan fingerprint density at radius 1 is 1.20 bits per heavy atom. The molecule has 162 valence electrons. The third kappa shape index (κ3) is 4.38. The van der Waals surface area contributed by atoms with Crippen LogP contribution in [-0.2, 0) is 4.74 Å². The van der Waals surface area contributed by atoms with Crippen LogP contribution in [0.1, 0.15) is 54.0 Å². The summed E-state index contributed by atoms with van der Waals surface area (Å²) in [5.74, 6) is 0.359. The summed E-state index contributed by atoms with van der Waals surface area (Å²) in [5, 5.41) is 7.96. The van der Waals surface area contributed by atoms with Gasteiger partial charge in [0.15, 0.2) is 5.82 Å². The lowest BCUT2D eigenvalue weighted by Crippen LogP contribution is -2.59. The summed E-state index contributed by atoms with van der Waals surface area (Å²) in [6, 6.07) is 5.48. The van der Waals surface area contributed by atoms with Gasteiger partial charge in [0.1, 0.15) is 5.69 Å². The Balaban J connectivity index is 1.52. The third-order valence-corrected chi connectivity index (χ3v) is 6.62. The van der Waals surface area contributed by atoms with Crippen molar-refractivity contribution >= 4 is 17.5 Å². The lowest BCUT2D eigenvalue weighted by Gasteiger charge is -2.48. The average molecular weight is 432 g/mol. The van der Waals surface area contributed by atoms with Crippen molar-refractivity contribution in [1.82, 2.24) is 25.0 Å². The van der Waals surface area contributed by atoms with Gasteiger partial charge in [-0.05, 0) is 44.9 Å². The molecule has 1 saturated carbocycles. The number of morpholine rings is 1. The molecule has 0 bridgehead atoms. The fraction of sp³-hybridized carbons (Fsp3) is 0.591. The van der Waals surface area contributed by atoms with Gasteiger partial charge in [-0.3, -0.25) is 9.69 Å². The summed E-state index contributed by atoms with van der Waals surface area (Å²) in [7, 11) is 0. The van der Waals surface area contributed by atoms with Crippen molar-refractivity contribution in [1.29, 1.82) is 0 Å². The topological polar surface area (TPSA) is 72.3 Å². The van der Waals surface area contributed by atoms with E-state index < -0.39 is 0 Å². The van der Waals surface area contributed by atoms with Gasteiger partial charge in [-0.25, -0.2) is 9.67 Å². The third-order valence-electron chi connectivity index (χ3n) is 6.32. The van der Waals surface area contributed by atoms with Gasteiger partial charge in [-0.15, -0.1) is 0 Å². The molecule has 0 aromatic carbocycles. The molecule has 1 aliphatic heterocycles. The maximum absolute atomic E-state index is 13.1. The number of carbonyl (C=O) groups is 1. The number of halogens is 1. The molecule has 30 heavy (non-hydrogen) atoms. The molecular formula is C22H30ClN5O2. The first-order valence-corrected chi connectivity index (χ1v) is 11.2. The maximum atomic E-state index is 13.1. The number of ether oxygens (including phenoxy) is 1. The molecule has 0 radical (unpaired) electrons. The summed E-state index contributed by atoms with van der Waals surface area (Å²) in [4.78, 5) is 20.1. The van der Waals surface area contributed by atoms with Crippen molar-refractivity contribution in [3.05, 3.63) is 40.3 Å². The zero-order valence-corrected chi connectivity index (χ0v) is 18.5. The highest BCUT2D eigenvalue weighted by Crippen LogP contribution is 2.34. The zero-order chi connectivity index (χ0) is 21.1. The Labute approximate surface area is 182 Å². The predicted molar refractivity (Wildman–Crippen MR) is 116 cm³/mol. The fourth-order valence-electron chi connectivity index (χ4n) is 4.75. The molecule has 2 fully saturated rings. The fourth-order valence-corrected chi connectivity index (χ4v) is 4.94. The Bertz CT molecular complexity index is 901. The minimum Gasteiger partial charge on any atom is -0.379 e. The van der Waals surface area contributed by atoms with Crippen molar-refractivity contribution < 1.29 is 9.53 Å². The van der Waals surface area contributed by atoms with Crippen molar-refractivity contribution in [2.24, 2.45) is 0 Å². The standard InChI is InChI=1S/C22H30ClN5O2/c1-16-14-17(2)28(26-16)19-7-6-18(23)20(25-19)21(29)24-15-22(8-4-3-5-9-22)27-10-12-30-13-11-27/h6-7,14H,3-5,8-13,15H2,1-2H3,(H,24,29). The predicted octanol–water partition coefficient (Wildman–Crippen LogP) is 3.30. The van der Waals surface area contributed by atoms with E-state index in [4.69, 9.17) is 16.3 Å². The van der Waals surface area contributed by atoms with E-state index in [2.05, 4.69) is 20.3 Å². The Hall–Kier alpha value is -1.96. The SMILES string of the molecule is Cc1cc(C)n(-c2ccc(Cl)c(C(=O)NCC3(N4CCOCC4)CCCCC3)n2)n1. The molecule has 2 aromatic heterocycles. The first-order valence-electron chi connectivity index (χ1n) is 10.8. The van der Waals surface area contributed by atoms with E-state index in [1.165, 1.54) is 19.3 Å². The lowest BCUT2D eigenvalue weighted by atomic mass is 9.79. The first kappa shape index (κ1) is 21.3. The number of hydrogen-bond donors (Lipinski definition) is 1. The number of amides is 1. The number of rotatable bonds is 5. The summed E-state index contributed by atoms with van der Waals surface area (Å²) in [6.07, 6.45) is 5.85. The molecule has 1 aliphatic carbocycles. The van der Waals surface area contributed by atoms with E-state index in [0.29, 0.717) is 17.4 Å². The van der Waals surface area contributed by atoms with Gasteiger partial charge in [-0.2, -0.15) is 5.10 Å². The number of nitrogens with one attached hydrogen (secondary N) is 1. The van der Waals surface area contributed by atoms with Gasteiger partial charge in [0, 0.05) is 30.9 Å². The molecule has 7 nitrogen and oxygen atoms in total. The summed E-state index contributed by atoms with van der Waals surface area (Å²) in [5.41, 5.74) is 2.11. The van der Waals surface area contributed by atoms with Crippen LogP contribution >= 0.6 is 11.6 Å². The Kier molecular flexibility index (Phi) is 6.41. The Morgan fingerprint density at radius 3 is 2.60 bits per heavy atom. The molecule has 0 atom stereocenters. The van der Waals surface area contributed by atoms with Crippen LogP contribution in [0.3, 0.4) is 0 Å². The zero-order valence-electron chi connectivity index (χ0n) is 17.8. The van der Waals surface area contributed by atoms with E-state index in [1.807, 2.05) is 19.9 Å². The highest BCUT2D eigenvalue weighted by atomic mass is 35.5. The number of aryl methyl sites for hydroxylation is 2. The number of aromatic nitrogens is 3. The van der Waals surface area contributed by atoms with Crippen molar-refractivity contribution in [3.63, 3.8) is 0 Å². The van der Waals surface area contributed by atoms with Gasteiger partial charge in [0.2, 0.25) is 0 Å². The van der Waals surface area contributed by atoms with E-state index in [1.54, 1.807) is 16.8 Å². The molecule has 1 saturated heterocycles. The molecule has 3 heterocycles. The molecule has 2 aromatic rings. The van der Waals surface area contributed by atoms with E-state index in [9.17, 15) is 4.79 Å². The summed E-state index contributed by atoms with van der Waals surface area (Å²) in [6.45, 7) is 7.85. The van der Waals surface area contributed by atoms with Crippen molar-refractivity contribution in [3.8, 4) is 5.82 Å². The number of nitrogens with zero attached hydrogens (tertiary/aromatic N) is 4. The molecule has 1 amide bonds. The van der Waals surface area contributed by atoms with Gasteiger partial charge >= 0.3 is 0 Å². The van der Waals surface area contributed by atoms with Crippen LogP contribution in [0, 0.1) is 13.8 Å².